The van der Waals surface area contributed by atoms with Gasteiger partial charge in [-0.3, -0.25) is 4.79 Å². The van der Waals surface area contributed by atoms with Gasteiger partial charge in [0, 0.05) is 5.56 Å². The molecular weight excluding hydrogens is 256 g/mol. The van der Waals surface area contributed by atoms with Crippen molar-refractivity contribution in [3.05, 3.63) is 76.4 Å². The Morgan fingerprint density at radius 1 is 1.00 bits per heavy atom. The van der Waals surface area contributed by atoms with E-state index in [0.717, 1.165) is 22.3 Å². The third-order valence-electron chi connectivity index (χ3n) is 3.69. The zero-order chi connectivity index (χ0) is 15.4. The van der Waals surface area contributed by atoms with Crippen LogP contribution < -0.4 is 0 Å². The Kier molecular flexibility index (Phi) is 4.74. The van der Waals surface area contributed by atoms with Crippen LogP contribution >= 0.6 is 0 Å². The van der Waals surface area contributed by atoms with Crippen LogP contribution in [0.4, 0.5) is 0 Å². The zero-order valence-electron chi connectivity index (χ0n) is 13.2. The van der Waals surface area contributed by atoms with Crippen molar-refractivity contribution in [3.63, 3.8) is 0 Å². The Labute approximate surface area is 127 Å². The number of allylic oxidation sites excluding steroid dienone is 1. The van der Waals surface area contributed by atoms with Crippen LogP contribution in [-0.4, -0.2) is 5.78 Å². The van der Waals surface area contributed by atoms with Crippen LogP contribution in [-0.2, 0) is 0 Å². The van der Waals surface area contributed by atoms with Gasteiger partial charge in [-0.25, -0.2) is 0 Å². The monoisotopic (exact) mass is 278 g/mol. The molecule has 0 bridgehead atoms. The number of hydrogen-bond donors (Lipinski definition) is 0. The molecule has 0 saturated heterocycles. The molecule has 0 spiro atoms. The van der Waals surface area contributed by atoms with Gasteiger partial charge in [-0.2, -0.15) is 0 Å². The molecule has 2 rings (SSSR count). The number of rotatable bonds is 4. The average molecular weight is 278 g/mol. The topological polar surface area (TPSA) is 17.1 Å². The number of hydrogen-bond acceptors (Lipinski definition) is 1. The van der Waals surface area contributed by atoms with Crippen molar-refractivity contribution < 1.29 is 4.79 Å². The van der Waals surface area contributed by atoms with Crippen molar-refractivity contribution in [3.8, 4) is 0 Å². The van der Waals surface area contributed by atoms with Crippen molar-refractivity contribution in [2.24, 2.45) is 0 Å². The van der Waals surface area contributed by atoms with E-state index < -0.39 is 0 Å². The van der Waals surface area contributed by atoms with Crippen LogP contribution in [0.25, 0.3) is 6.08 Å². The molecule has 0 radical (unpaired) electrons. The van der Waals surface area contributed by atoms with Gasteiger partial charge in [0.25, 0.3) is 0 Å². The number of aryl methyl sites for hydroxylation is 2. The Balaban J connectivity index is 2.16. The molecule has 0 unspecified atom stereocenters. The van der Waals surface area contributed by atoms with Gasteiger partial charge in [-0.15, -0.1) is 0 Å². The van der Waals surface area contributed by atoms with Gasteiger partial charge < -0.3 is 0 Å². The summed E-state index contributed by atoms with van der Waals surface area (Å²) in [5.74, 6) is 0.587. The molecule has 0 atom stereocenters. The highest BCUT2D eigenvalue weighted by atomic mass is 16.1. The van der Waals surface area contributed by atoms with Gasteiger partial charge >= 0.3 is 0 Å². The first-order valence-corrected chi connectivity index (χ1v) is 7.37. The largest absolute Gasteiger partial charge is 0.289 e. The molecule has 0 N–H and O–H groups in total. The van der Waals surface area contributed by atoms with Crippen molar-refractivity contribution in [2.75, 3.05) is 0 Å². The van der Waals surface area contributed by atoms with Gasteiger partial charge in [0.15, 0.2) is 5.78 Å². The minimum atomic E-state index is 0.0594. The third-order valence-corrected chi connectivity index (χ3v) is 3.69. The molecule has 0 aliphatic carbocycles. The van der Waals surface area contributed by atoms with E-state index >= 15 is 0 Å². The lowest BCUT2D eigenvalue weighted by Crippen LogP contribution is -1.98. The predicted molar refractivity (Wildman–Crippen MR) is 89.8 cm³/mol. The second-order valence-corrected chi connectivity index (χ2v) is 5.84. The molecule has 108 valence electrons. The normalized spacial score (nSPS) is 11.3. The van der Waals surface area contributed by atoms with E-state index in [4.69, 9.17) is 0 Å². The molecule has 0 fully saturated rings. The van der Waals surface area contributed by atoms with E-state index in [1.165, 1.54) is 5.56 Å². The first-order valence-electron chi connectivity index (χ1n) is 7.37. The molecule has 0 aliphatic heterocycles. The maximum Gasteiger partial charge on any atom is 0.186 e. The lowest BCUT2D eigenvalue weighted by atomic mass is 10.00. The molecule has 0 aliphatic rings. The summed E-state index contributed by atoms with van der Waals surface area (Å²) in [4.78, 5) is 12.3. The quantitative estimate of drug-likeness (QED) is 0.546. The maximum absolute atomic E-state index is 12.3. The molecule has 2 aromatic carbocycles. The zero-order valence-corrected chi connectivity index (χ0v) is 13.2. The molecule has 0 aromatic heterocycles. The summed E-state index contributed by atoms with van der Waals surface area (Å²) in [5, 5.41) is 0. The molecule has 0 saturated carbocycles. The highest BCUT2D eigenvalue weighted by Gasteiger charge is 2.05. The molecule has 21 heavy (non-hydrogen) atoms. The van der Waals surface area contributed by atoms with Gasteiger partial charge in [-0.05, 0) is 48.6 Å². The average Bonchev–Trinajstić information content (AvgIpc) is 2.47. The maximum atomic E-state index is 12.3. The SMILES string of the molecule is Cc1ccc(C)c(C(=O)/C=C/c2ccc(C(C)C)cc2)c1. The van der Waals surface area contributed by atoms with E-state index in [0.29, 0.717) is 5.92 Å². The first-order chi connectivity index (χ1) is 9.97. The molecular formula is C20H22O. The van der Waals surface area contributed by atoms with E-state index in [1.54, 1.807) is 6.08 Å². The second kappa shape index (κ2) is 6.53. The fourth-order valence-corrected chi connectivity index (χ4v) is 2.26. The minimum absolute atomic E-state index is 0.0594. The van der Waals surface area contributed by atoms with E-state index in [2.05, 4.69) is 38.1 Å². The Morgan fingerprint density at radius 3 is 2.29 bits per heavy atom. The molecule has 1 nitrogen and oxygen atoms in total. The van der Waals surface area contributed by atoms with Crippen LogP contribution in [0, 0.1) is 13.8 Å². The molecule has 1 heteroatoms. The van der Waals surface area contributed by atoms with Crippen LogP contribution in [0.3, 0.4) is 0 Å². The smallest absolute Gasteiger partial charge is 0.186 e. The minimum Gasteiger partial charge on any atom is -0.289 e. The molecule has 0 heterocycles. The summed E-state index contributed by atoms with van der Waals surface area (Å²) < 4.78 is 0. The Bertz CT molecular complexity index is 661. The van der Waals surface area contributed by atoms with Crippen LogP contribution in [0.15, 0.2) is 48.5 Å². The number of carbonyl (C=O) groups excluding carboxylic acids is 1. The van der Waals surface area contributed by atoms with Crippen molar-refractivity contribution in [2.45, 2.75) is 33.6 Å². The summed E-state index contributed by atoms with van der Waals surface area (Å²) in [6.07, 6.45) is 3.54. The number of carbonyl (C=O) groups is 1. The van der Waals surface area contributed by atoms with Gasteiger partial charge in [-0.1, -0.05) is 61.9 Å². The van der Waals surface area contributed by atoms with Crippen LogP contribution in [0.5, 0.6) is 0 Å². The fourth-order valence-electron chi connectivity index (χ4n) is 2.26. The predicted octanol–water partition coefficient (Wildman–Crippen LogP) is 5.32. The van der Waals surface area contributed by atoms with Crippen molar-refractivity contribution >= 4 is 11.9 Å². The highest BCUT2D eigenvalue weighted by Crippen LogP contribution is 2.16. The van der Waals surface area contributed by atoms with Crippen molar-refractivity contribution in [1.29, 1.82) is 0 Å². The lowest BCUT2D eigenvalue weighted by Gasteiger charge is -2.05. The van der Waals surface area contributed by atoms with Crippen LogP contribution in [0.2, 0.25) is 0 Å². The van der Waals surface area contributed by atoms with Gasteiger partial charge in [0.1, 0.15) is 0 Å². The molecule has 0 amide bonds. The lowest BCUT2D eigenvalue weighted by molar-refractivity contribution is 0.104. The van der Waals surface area contributed by atoms with Gasteiger partial charge in [0.2, 0.25) is 0 Å². The van der Waals surface area contributed by atoms with E-state index in [9.17, 15) is 4.79 Å². The fraction of sp³-hybridized carbons (Fsp3) is 0.250. The van der Waals surface area contributed by atoms with Crippen LogP contribution in [0.1, 0.15) is 52.4 Å². The third kappa shape index (κ3) is 3.91. The summed E-state index contributed by atoms with van der Waals surface area (Å²) in [6.45, 7) is 8.33. The first kappa shape index (κ1) is 15.2. The second-order valence-electron chi connectivity index (χ2n) is 5.84. The van der Waals surface area contributed by atoms with E-state index in [1.807, 2.05) is 38.1 Å². The van der Waals surface area contributed by atoms with Crippen molar-refractivity contribution in [1.82, 2.24) is 0 Å². The summed E-state index contributed by atoms with van der Waals surface area (Å²) in [5.41, 5.74) is 5.28. The number of benzene rings is 2. The Hall–Kier alpha value is -2.15. The number of ketones is 1. The van der Waals surface area contributed by atoms with Gasteiger partial charge in [0.05, 0.1) is 0 Å². The summed E-state index contributed by atoms with van der Waals surface area (Å²) in [6, 6.07) is 14.3. The Morgan fingerprint density at radius 2 is 1.67 bits per heavy atom. The highest BCUT2D eigenvalue weighted by molar-refractivity contribution is 6.07. The summed E-state index contributed by atoms with van der Waals surface area (Å²) in [7, 11) is 0. The summed E-state index contributed by atoms with van der Waals surface area (Å²) >= 11 is 0. The molecule has 2 aromatic rings. The standard InChI is InChI=1S/C20H22O/c1-14(2)18-10-7-17(8-11-18)9-12-20(21)19-13-15(3)5-6-16(19)4/h5-14H,1-4H3/b12-9+. The van der Waals surface area contributed by atoms with E-state index in [-0.39, 0.29) is 5.78 Å².